The second-order valence-corrected chi connectivity index (χ2v) is 11.5. The van der Waals surface area contributed by atoms with E-state index in [0.29, 0.717) is 24.0 Å². The zero-order chi connectivity index (χ0) is 21.8. The number of thioether (sulfide) groups is 1. The largest absolute Gasteiger partial charge is 0.388 e. The molecule has 2 heterocycles. The van der Waals surface area contributed by atoms with E-state index in [0.717, 1.165) is 49.9 Å². The number of fused-ring (bicyclic) bond motifs is 1. The molecule has 6 fully saturated rings. The number of nitrogens with one attached hydrogen (secondary N) is 1. The highest BCUT2D eigenvalue weighted by molar-refractivity contribution is 8.14. The number of carbonyl (C=O) groups is 1. The third kappa shape index (κ3) is 3.90. The highest BCUT2D eigenvalue weighted by Gasteiger charge is 2.54. The van der Waals surface area contributed by atoms with Gasteiger partial charge in [-0.1, -0.05) is 11.8 Å². The molecule has 4 bridgehead atoms. The summed E-state index contributed by atoms with van der Waals surface area (Å²) in [6.45, 7) is 1.22. The minimum Gasteiger partial charge on any atom is -0.388 e. The zero-order valence-electron chi connectivity index (χ0n) is 17.9. The van der Waals surface area contributed by atoms with Crippen LogP contribution in [0.5, 0.6) is 0 Å². The molecule has 6 aliphatic rings. The molecule has 0 aromatic carbocycles. The van der Waals surface area contributed by atoms with Crippen LogP contribution < -0.4 is 5.32 Å². The number of aliphatic hydroxyl groups is 4. The van der Waals surface area contributed by atoms with Gasteiger partial charge >= 0.3 is 0 Å². The fraction of sp³-hybridized carbons (Fsp3) is 0.909. The van der Waals surface area contributed by atoms with Gasteiger partial charge in [0.2, 0.25) is 5.91 Å². The molecule has 0 radical (unpaired) electrons. The molecule has 0 spiro atoms. The number of amides is 1. The van der Waals surface area contributed by atoms with Crippen LogP contribution in [-0.4, -0.2) is 85.8 Å². The van der Waals surface area contributed by atoms with Gasteiger partial charge in [0, 0.05) is 24.3 Å². The van der Waals surface area contributed by atoms with Crippen molar-refractivity contribution < 1.29 is 25.2 Å². The summed E-state index contributed by atoms with van der Waals surface area (Å²) in [6, 6.07) is -0.447. The summed E-state index contributed by atoms with van der Waals surface area (Å²) in [4.78, 5) is 19.1. The summed E-state index contributed by atoms with van der Waals surface area (Å²) in [6.07, 6.45) is 3.77. The molecule has 4 saturated carbocycles. The number of unbranched alkanes of at least 4 members (excludes halogenated alkanes) is 1. The predicted octanol–water partition coefficient (Wildman–Crippen LogP) is 0.287. The lowest BCUT2D eigenvalue weighted by Crippen LogP contribution is -2.65. The molecule has 31 heavy (non-hydrogen) atoms. The van der Waals surface area contributed by atoms with Gasteiger partial charge in [-0.3, -0.25) is 9.79 Å². The number of carbonyl (C=O) groups excluding carboxylic acids is 1. The molecule has 0 aromatic heterocycles. The Hall–Kier alpha value is -0.870. The normalized spacial score (nSPS) is 47.1. The fourth-order valence-electron chi connectivity index (χ4n) is 7.12. The van der Waals surface area contributed by atoms with Crippen molar-refractivity contribution in [2.24, 2.45) is 28.2 Å². The van der Waals surface area contributed by atoms with E-state index >= 15 is 0 Å². The minimum absolute atomic E-state index is 0.0961. The SMILES string of the molecule is O=C(NCCCCN=C1SC[C@@H]2[C@@H](O)[C@H](O)[C@@H](O)[C@@H](O)N12)C12CC3CC(CC(C3)C1)C2. The molecule has 0 unspecified atom stereocenters. The van der Waals surface area contributed by atoms with E-state index in [-0.39, 0.29) is 11.3 Å². The van der Waals surface area contributed by atoms with Crippen molar-refractivity contribution in [2.45, 2.75) is 81.9 Å². The van der Waals surface area contributed by atoms with Crippen molar-refractivity contribution in [2.75, 3.05) is 18.8 Å². The maximum atomic E-state index is 13.0. The predicted molar refractivity (Wildman–Crippen MR) is 117 cm³/mol. The van der Waals surface area contributed by atoms with Crippen LogP contribution in [0.3, 0.4) is 0 Å². The quantitative estimate of drug-likeness (QED) is 0.366. The summed E-state index contributed by atoms with van der Waals surface area (Å²) < 4.78 is 0. The van der Waals surface area contributed by atoms with Gasteiger partial charge in [-0.15, -0.1) is 0 Å². The van der Waals surface area contributed by atoms with Gasteiger partial charge in [0.15, 0.2) is 11.4 Å². The number of amidine groups is 1. The van der Waals surface area contributed by atoms with Gasteiger partial charge in [0.1, 0.15) is 18.3 Å². The fourth-order valence-corrected chi connectivity index (χ4v) is 8.37. The van der Waals surface area contributed by atoms with Gasteiger partial charge in [0.25, 0.3) is 0 Å². The molecule has 8 nitrogen and oxygen atoms in total. The van der Waals surface area contributed by atoms with Crippen molar-refractivity contribution in [1.29, 1.82) is 0 Å². The average Bonchev–Trinajstić information content (AvgIpc) is 3.16. The molecule has 174 valence electrons. The van der Waals surface area contributed by atoms with Crippen LogP contribution in [0.25, 0.3) is 0 Å². The highest BCUT2D eigenvalue weighted by atomic mass is 32.2. The number of aliphatic hydroxyl groups excluding tert-OH is 4. The maximum absolute atomic E-state index is 13.0. The van der Waals surface area contributed by atoms with E-state index in [4.69, 9.17) is 0 Å². The smallest absolute Gasteiger partial charge is 0.226 e. The van der Waals surface area contributed by atoms with Crippen LogP contribution in [0.1, 0.15) is 51.4 Å². The highest BCUT2D eigenvalue weighted by Crippen LogP contribution is 2.60. The Bertz CT molecular complexity index is 699. The number of hydrogen-bond donors (Lipinski definition) is 5. The molecular formula is C22H35N3O5S. The number of hydrogen-bond acceptors (Lipinski definition) is 7. The van der Waals surface area contributed by atoms with Crippen molar-refractivity contribution in [3.05, 3.63) is 0 Å². The van der Waals surface area contributed by atoms with Crippen LogP contribution in [0, 0.1) is 23.2 Å². The van der Waals surface area contributed by atoms with Crippen molar-refractivity contribution >= 4 is 22.8 Å². The second-order valence-electron chi connectivity index (χ2n) is 10.5. The van der Waals surface area contributed by atoms with Crippen molar-refractivity contribution in [3.63, 3.8) is 0 Å². The Kier molecular flexibility index (Phi) is 6.01. The van der Waals surface area contributed by atoms with Crippen LogP contribution in [0.15, 0.2) is 4.99 Å². The average molecular weight is 454 g/mol. The van der Waals surface area contributed by atoms with Gasteiger partial charge in [-0.2, -0.15) is 0 Å². The molecule has 2 saturated heterocycles. The molecule has 6 rings (SSSR count). The van der Waals surface area contributed by atoms with Crippen molar-refractivity contribution in [1.82, 2.24) is 10.2 Å². The van der Waals surface area contributed by atoms with E-state index in [1.807, 2.05) is 0 Å². The van der Waals surface area contributed by atoms with Gasteiger partial charge in [-0.25, -0.2) is 0 Å². The minimum atomic E-state index is -1.42. The van der Waals surface area contributed by atoms with E-state index in [9.17, 15) is 25.2 Å². The first kappa shape index (κ1) is 21.9. The monoisotopic (exact) mass is 453 g/mol. The standard InChI is InChI=1S/C22H35N3O5S/c26-16-15-11-31-21(25(15)19(29)18(28)17(16)27)24-4-2-1-3-23-20(30)22-8-12-5-13(9-22)7-14(6-12)10-22/h12-19,26-29H,1-11H2,(H,23,30)/t12?,13?,14?,15-,16-,17+,18-,19-,22?/m1/s1. The molecule has 4 aliphatic carbocycles. The number of nitrogens with zero attached hydrogens (tertiary/aromatic N) is 2. The molecule has 0 aromatic rings. The van der Waals surface area contributed by atoms with Gasteiger partial charge in [0.05, 0.1) is 6.04 Å². The number of aliphatic imine (C=N–C) groups is 1. The van der Waals surface area contributed by atoms with Crippen LogP contribution in [0.4, 0.5) is 0 Å². The molecule has 5 atom stereocenters. The lowest BCUT2D eigenvalue weighted by atomic mass is 9.49. The number of rotatable bonds is 6. The molecule has 2 aliphatic heterocycles. The van der Waals surface area contributed by atoms with Gasteiger partial charge < -0.3 is 30.6 Å². The van der Waals surface area contributed by atoms with E-state index < -0.39 is 30.6 Å². The Morgan fingerprint density at radius 3 is 2.29 bits per heavy atom. The number of piperidine rings is 1. The van der Waals surface area contributed by atoms with Crippen LogP contribution in [0.2, 0.25) is 0 Å². The molecule has 1 amide bonds. The molecular weight excluding hydrogens is 418 g/mol. The second kappa shape index (κ2) is 8.48. The molecule has 5 N–H and O–H groups in total. The summed E-state index contributed by atoms with van der Waals surface area (Å²) in [5, 5.41) is 44.1. The lowest BCUT2D eigenvalue weighted by Gasteiger charge is -2.55. The van der Waals surface area contributed by atoms with E-state index in [1.54, 1.807) is 0 Å². The summed E-state index contributed by atoms with van der Waals surface area (Å²) in [5.41, 5.74) is -0.0961. The third-order valence-corrected chi connectivity index (χ3v) is 9.39. The zero-order valence-corrected chi connectivity index (χ0v) is 18.7. The third-order valence-electron chi connectivity index (χ3n) is 8.28. The Morgan fingerprint density at radius 2 is 1.65 bits per heavy atom. The Labute approximate surface area is 187 Å². The van der Waals surface area contributed by atoms with E-state index in [1.165, 1.54) is 35.9 Å². The van der Waals surface area contributed by atoms with Gasteiger partial charge in [-0.05, 0) is 69.1 Å². The topological polar surface area (TPSA) is 126 Å². The maximum Gasteiger partial charge on any atom is 0.226 e. The summed E-state index contributed by atoms with van der Waals surface area (Å²) in [7, 11) is 0. The van der Waals surface area contributed by atoms with Crippen LogP contribution >= 0.6 is 11.8 Å². The van der Waals surface area contributed by atoms with Crippen molar-refractivity contribution in [3.8, 4) is 0 Å². The first-order chi connectivity index (χ1) is 14.9. The summed E-state index contributed by atoms with van der Waals surface area (Å²) in [5.74, 6) is 3.09. The first-order valence-electron chi connectivity index (χ1n) is 11.8. The van der Waals surface area contributed by atoms with Crippen LogP contribution in [-0.2, 0) is 4.79 Å². The van der Waals surface area contributed by atoms with E-state index in [2.05, 4.69) is 10.3 Å². The Balaban J connectivity index is 1.07. The first-order valence-corrected chi connectivity index (χ1v) is 12.8. The molecule has 9 heteroatoms. The summed E-state index contributed by atoms with van der Waals surface area (Å²) >= 11 is 1.42. The Morgan fingerprint density at radius 1 is 1.00 bits per heavy atom. The lowest BCUT2D eigenvalue weighted by molar-refractivity contribution is -0.190.